The molecule has 1 fully saturated rings. The van der Waals surface area contributed by atoms with E-state index in [0.717, 1.165) is 0 Å². The summed E-state index contributed by atoms with van der Waals surface area (Å²) >= 11 is 0. The Morgan fingerprint density at radius 3 is 2.41 bits per heavy atom. The van der Waals surface area contributed by atoms with Gasteiger partial charge in [0.25, 0.3) is 5.91 Å². The van der Waals surface area contributed by atoms with Gasteiger partial charge in [0.1, 0.15) is 10.6 Å². The highest BCUT2D eigenvalue weighted by Gasteiger charge is 2.29. The normalized spacial score (nSPS) is 17.5. The molecule has 7 nitrogen and oxygen atoms in total. The lowest BCUT2D eigenvalue weighted by molar-refractivity contribution is 0.0730. The first kappa shape index (κ1) is 17.0. The van der Waals surface area contributed by atoms with Crippen LogP contribution in [0.4, 0.5) is 0 Å². The van der Waals surface area contributed by atoms with Gasteiger partial charge in [-0.25, -0.2) is 8.42 Å². The summed E-state index contributed by atoms with van der Waals surface area (Å²) in [6.07, 6.45) is 1.47. The summed E-state index contributed by atoms with van der Waals surface area (Å²) in [6.45, 7) is 7.08. The van der Waals surface area contributed by atoms with Crippen LogP contribution in [-0.4, -0.2) is 55.0 Å². The average molecular weight is 329 g/mol. The van der Waals surface area contributed by atoms with E-state index in [2.05, 4.69) is 5.32 Å². The van der Waals surface area contributed by atoms with Crippen molar-refractivity contribution >= 4 is 15.9 Å². The molecule has 1 aliphatic rings. The van der Waals surface area contributed by atoms with Gasteiger partial charge in [0.05, 0.1) is 13.2 Å². The van der Waals surface area contributed by atoms with Crippen LogP contribution in [-0.2, 0) is 21.8 Å². The second-order valence-corrected chi connectivity index (χ2v) is 8.33. The van der Waals surface area contributed by atoms with Crippen LogP contribution in [0.2, 0.25) is 0 Å². The summed E-state index contributed by atoms with van der Waals surface area (Å²) in [5.41, 5.74) is -0.0633. The number of hydrogen-bond donors (Lipinski definition) is 1. The maximum absolute atomic E-state index is 12.6. The van der Waals surface area contributed by atoms with E-state index in [1.165, 1.54) is 21.1 Å². The zero-order valence-corrected chi connectivity index (χ0v) is 14.2. The van der Waals surface area contributed by atoms with Gasteiger partial charge in [-0.1, -0.05) is 0 Å². The predicted molar refractivity (Wildman–Crippen MR) is 82.2 cm³/mol. The van der Waals surface area contributed by atoms with Gasteiger partial charge in [0, 0.05) is 31.9 Å². The summed E-state index contributed by atoms with van der Waals surface area (Å²) in [6, 6.07) is 1.42. The minimum atomic E-state index is -3.59. The molecule has 1 aliphatic heterocycles. The minimum Gasteiger partial charge on any atom is -0.379 e. The molecular formula is C14H23N3O4S. The smallest absolute Gasteiger partial charge is 0.268 e. The summed E-state index contributed by atoms with van der Waals surface area (Å²) in [5.74, 6) is -0.293. The van der Waals surface area contributed by atoms with E-state index in [0.29, 0.717) is 32.0 Å². The number of carbonyl (C=O) groups is 1. The Bertz CT molecular complexity index is 652. The highest BCUT2D eigenvalue weighted by Crippen LogP contribution is 2.20. The number of aromatic nitrogens is 1. The fourth-order valence-electron chi connectivity index (χ4n) is 2.24. The molecule has 2 rings (SSSR count). The number of sulfonamides is 1. The average Bonchev–Trinajstić information content (AvgIpc) is 2.81. The van der Waals surface area contributed by atoms with E-state index in [-0.39, 0.29) is 16.3 Å². The summed E-state index contributed by atoms with van der Waals surface area (Å²) in [4.78, 5) is 12.4. The maximum Gasteiger partial charge on any atom is 0.268 e. The van der Waals surface area contributed by atoms with Crippen molar-refractivity contribution in [3.63, 3.8) is 0 Å². The first-order chi connectivity index (χ1) is 10.1. The Hall–Kier alpha value is -1.38. The Morgan fingerprint density at radius 2 is 1.86 bits per heavy atom. The summed E-state index contributed by atoms with van der Waals surface area (Å²) < 4.78 is 33.3. The second-order valence-electron chi connectivity index (χ2n) is 6.39. The van der Waals surface area contributed by atoms with Crippen molar-refractivity contribution in [1.82, 2.24) is 14.2 Å². The van der Waals surface area contributed by atoms with Gasteiger partial charge in [0.15, 0.2) is 0 Å². The van der Waals surface area contributed by atoms with E-state index < -0.39 is 10.0 Å². The molecule has 8 heteroatoms. The van der Waals surface area contributed by atoms with Crippen LogP contribution in [0.1, 0.15) is 31.3 Å². The predicted octanol–water partition coefficient (Wildman–Crippen LogP) is 0.574. The molecule has 0 aliphatic carbocycles. The van der Waals surface area contributed by atoms with E-state index in [4.69, 9.17) is 4.74 Å². The van der Waals surface area contributed by atoms with Crippen molar-refractivity contribution in [2.45, 2.75) is 31.2 Å². The van der Waals surface area contributed by atoms with Gasteiger partial charge >= 0.3 is 0 Å². The fourth-order valence-corrected chi connectivity index (χ4v) is 3.72. The molecule has 1 amide bonds. The highest BCUT2D eigenvalue weighted by atomic mass is 32.2. The molecule has 0 saturated carbocycles. The minimum absolute atomic E-state index is 0.135. The van der Waals surface area contributed by atoms with Crippen molar-refractivity contribution in [1.29, 1.82) is 0 Å². The molecule has 2 heterocycles. The molecule has 0 atom stereocenters. The van der Waals surface area contributed by atoms with Gasteiger partial charge in [0.2, 0.25) is 10.0 Å². The van der Waals surface area contributed by atoms with Gasteiger partial charge in [-0.05, 0) is 26.8 Å². The molecule has 0 aromatic carbocycles. The Morgan fingerprint density at radius 1 is 1.27 bits per heavy atom. The van der Waals surface area contributed by atoms with Crippen LogP contribution in [0, 0.1) is 0 Å². The molecule has 0 radical (unpaired) electrons. The lowest BCUT2D eigenvalue weighted by atomic mass is 10.1. The number of rotatable bonds is 3. The molecule has 1 N–H and O–H groups in total. The zero-order valence-electron chi connectivity index (χ0n) is 13.4. The van der Waals surface area contributed by atoms with Crippen LogP contribution < -0.4 is 5.32 Å². The Kier molecular flexibility index (Phi) is 4.65. The molecule has 0 spiro atoms. The van der Waals surface area contributed by atoms with Crippen LogP contribution in [0.15, 0.2) is 17.2 Å². The van der Waals surface area contributed by atoms with Crippen molar-refractivity contribution in [3.8, 4) is 0 Å². The molecule has 1 saturated heterocycles. The van der Waals surface area contributed by atoms with Crippen molar-refractivity contribution in [2.24, 2.45) is 7.05 Å². The number of aryl methyl sites for hydroxylation is 1. The number of morpholine rings is 1. The quantitative estimate of drug-likeness (QED) is 0.879. The number of nitrogens with one attached hydrogen (secondary N) is 1. The molecule has 0 unspecified atom stereocenters. The second kappa shape index (κ2) is 6.02. The van der Waals surface area contributed by atoms with E-state index >= 15 is 0 Å². The lowest BCUT2D eigenvalue weighted by Gasteiger charge is -2.25. The van der Waals surface area contributed by atoms with Crippen LogP contribution in [0.3, 0.4) is 0 Å². The topological polar surface area (TPSA) is 80.6 Å². The van der Waals surface area contributed by atoms with E-state index in [1.807, 2.05) is 20.8 Å². The van der Waals surface area contributed by atoms with E-state index in [9.17, 15) is 13.2 Å². The molecule has 22 heavy (non-hydrogen) atoms. The largest absolute Gasteiger partial charge is 0.379 e. The number of hydrogen-bond acceptors (Lipinski definition) is 4. The highest BCUT2D eigenvalue weighted by molar-refractivity contribution is 7.89. The van der Waals surface area contributed by atoms with Gasteiger partial charge in [-0.15, -0.1) is 0 Å². The number of ether oxygens (including phenoxy) is 1. The van der Waals surface area contributed by atoms with Crippen molar-refractivity contribution in [2.75, 3.05) is 26.3 Å². The third-order valence-electron chi connectivity index (χ3n) is 3.31. The van der Waals surface area contributed by atoms with Gasteiger partial charge in [-0.2, -0.15) is 4.31 Å². The molecule has 1 aromatic heterocycles. The van der Waals surface area contributed by atoms with E-state index in [1.54, 1.807) is 7.05 Å². The van der Waals surface area contributed by atoms with Crippen LogP contribution in [0.5, 0.6) is 0 Å². The third-order valence-corrected chi connectivity index (χ3v) is 5.17. The summed E-state index contributed by atoms with van der Waals surface area (Å²) in [7, 11) is -1.93. The summed E-state index contributed by atoms with van der Waals surface area (Å²) in [5, 5.41) is 2.83. The lowest BCUT2D eigenvalue weighted by Crippen LogP contribution is -2.41. The monoisotopic (exact) mass is 329 g/mol. The van der Waals surface area contributed by atoms with Crippen LogP contribution in [0.25, 0.3) is 0 Å². The van der Waals surface area contributed by atoms with Crippen LogP contribution >= 0.6 is 0 Å². The Balaban J connectivity index is 2.27. The third kappa shape index (κ3) is 3.68. The standard InChI is InChI=1S/C14H23N3O4S/c1-14(2,3)15-13(18)12-9-11(10-16(12)4)22(19,20)17-5-7-21-8-6-17/h9-10H,5-8H2,1-4H3,(H,15,18). The molecular weight excluding hydrogens is 306 g/mol. The van der Waals surface area contributed by atoms with Crippen molar-refractivity contribution in [3.05, 3.63) is 18.0 Å². The molecule has 0 bridgehead atoms. The SMILES string of the molecule is Cn1cc(S(=O)(=O)N2CCOCC2)cc1C(=O)NC(C)(C)C. The number of amides is 1. The van der Waals surface area contributed by atoms with Crippen molar-refractivity contribution < 1.29 is 17.9 Å². The first-order valence-electron chi connectivity index (χ1n) is 7.18. The maximum atomic E-state index is 12.6. The first-order valence-corrected chi connectivity index (χ1v) is 8.62. The fraction of sp³-hybridized carbons (Fsp3) is 0.643. The molecule has 1 aromatic rings. The van der Waals surface area contributed by atoms with Gasteiger partial charge < -0.3 is 14.6 Å². The number of nitrogens with zero attached hydrogens (tertiary/aromatic N) is 2. The zero-order chi connectivity index (χ0) is 16.5. The van der Waals surface area contributed by atoms with Gasteiger partial charge in [-0.3, -0.25) is 4.79 Å². The Labute approximate surface area is 131 Å². The molecule has 124 valence electrons. The number of carbonyl (C=O) groups excluding carboxylic acids is 1.